The lowest BCUT2D eigenvalue weighted by atomic mass is 10.0. The number of amides is 1. The molecule has 2 saturated heterocycles. The first-order chi connectivity index (χ1) is 22.1. The molecule has 2 aromatic carbocycles. The van der Waals surface area contributed by atoms with Gasteiger partial charge in [0.1, 0.15) is 5.82 Å². The fourth-order valence-corrected chi connectivity index (χ4v) is 6.91. The second-order valence-electron chi connectivity index (χ2n) is 12.7. The highest BCUT2D eigenvalue weighted by Crippen LogP contribution is 2.33. The first-order valence-electron chi connectivity index (χ1n) is 17.0. The number of carbonyl (C=O) groups is 1. The molecule has 6 rings (SSSR count). The van der Waals surface area contributed by atoms with E-state index < -0.39 is 0 Å². The van der Waals surface area contributed by atoms with Gasteiger partial charge in [0.2, 0.25) is 5.91 Å². The van der Waals surface area contributed by atoms with Gasteiger partial charge < -0.3 is 14.9 Å². The Morgan fingerprint density at radius 1 is 0.800 bits per heavy atom. The van der Waals surface area contributed by atoms with E-state index >= 15 is 0 Å². The summed E-state index contributed by atoms with van der Waals surface area (Å²) in [5.41, 5.74) is 7.53. The monoisotopic (exact) mass is 608 g/mol. The molecule has 0 unspecified atom stereocenters. The van der Waals surface area contributed by atoms with Crippen LogP contribution >= 0.6 is 0 Å². The summed E-state index contributed by atoms with van der Waals surface area (Å²) in [6, 6.07) is 21.6. The largest absolute Gasteiger partial charge is 0.395 e. The number of aliphatic hydroxyl groups is 1. The van der Waals surface area contributed by atoms with Crippen LogP contribution in [-0.4, -0.2) is 87.8 Å². The van der Waals surface area contributed by atoms with Gasteiger partial charge in [-0.2, -0.15) is 9.61 Å². The van der Waals surface area contributed by atoms with Crippen LogP contribution < -0.4 is 4.90 Å². The van der Waals surface area contributed by atoms with E-state index in [0.717, 1.165) is 117 Å². The zero-order valence-electron chi connectivity index (χ0n) is 26.8. The van der Waals surface area contributed by atoms with Crippen molar-refractivity contribution in [3.63, 3.8) is 0 Å². The normalized spacial score (nSPS) is 16.2. The number of aryl methyl sites for hydroxylation is 2. The number of benzene rings is 2. The molecule has 0 spiro atoms. The van der Waals surface area contributed by atoms with Crippen molar-refractivity contribution in [1.29, 1.82) is 0 Å². The maximum absolute atomic E-state index is 12.0. The minimum absolute atomic E-state index is 0.194. The number of hydrogen-bond acceptors (Lipinski definition) is 6. The molecule has 1 N–H and O–H groups in total. The van der Waals surface area contributed by atoms with Crippen molar-refractivity contribution in [2.75, 3.05) is 57.3 Å². The van der Waals surface area contributed by atoms with Gasteiger partial charge in [0.05, 0.1) is 18.0 Å². The Balaban J connectivity index is 1.17. The zero-order chi connectivity index (χ0) is 31.0. The second-order valence-corrected chi connectivity index (χ2v) is 12.7. The molecule has 0 aliphatic carbocycles. The number of rotatable bonds is 13. The average molecular weight is 609 g/mol. The summed E-state index contributed by atoms with van der Waals surface area (Å²) in [6.45, 7) is 8.46. The highest BCUT2D eigenvalue weighted by Gasteiger charge is 2.23. The molecule has 0 bridgehead atoms. The van der Waals surface area contributed by atoms with E-state index in [0.29, 0.717) is 5.91 Å². The van der Waals surface area contributed by atoms with Gasteiger partial charge in [-0.25, -0.2) is 4.98 Å². The number of nitrogens with zero attached hydrogens (tertiary/aromatic N) is 6. The number of piperazine rings is 1. The van der Waals surface area contributed by atoms with Crippen molar-refractivity contribution in [2.24, 2.45) is 0 Å². The van der Waals surface area contributed by atoms with Crippen molar-refractivity contribution < 1.29 is 9.90 Å². The third-order valence-electron chi connectivity index (χ3n) is 9.46. The molecule has 238 valence electrons. The van der Waals surface area contributed by atoms with Crippen LogP contribution in [0.4, 0.5) is 5.82 Å². The highest BCUT2D eigenvalue weighted by molar-refractivity contribution is 5.83. The van der Waals surface area contributed by atoms with Crippen molar-refractivity contribution in [3.8, 4) is 22.4 Å². The van der Waals surface area contributed by atoms with E-state index in [9.17, 15) is 9.90 Å². The quantitative estimate of drug-likeness (QED) is 0.188. The van der Waals surface area contributed by atoms with Gasteiger partial charge in [-0.3, -0.25) is 9.69 Å². The van der Waals surface area contributed by atoms with Gasteiger partial charge in [-0.15, -0.1) is 0 Å². The van der Waals surface area contributed by atoms with E-state index in [1.165, 1.54) is 31.2 Å². The SMILES string of the molecule is Cc1nn2c(N3CCN(CCO)CC3)cc(-c3cccc(CCCCCCCN4CCCCC4=O)c3)nc2c1-c1ccccc1. The standard InChI is InChI=1S/C37H48N6O2/c1-29-36(31-15-7-5-8-16-31)37-38-33(28-34(43(37)39-29)41-23-21-40(22-24-41)25-26-44)32-17-12-14-30(27-32)13-6-3-2-4-10-19-42-20-11-9-18-35(42)45/h5,7-8,12,14-17,27-28,44H,2-4,6,9-11,13,18-26H2,1H3. The van der Waals surface area contributed by atoms with Gasteiger partial charge in [0, 0.05) is 69.4 Å². The number of fused-ring (bicyclic) bond motifs is 1. The average Bonchev–Trinajstić information content (AvgIpc) is 3.41. The number of aliphatic hydroxyl groups excluding tert-OH is 1. The Kier molecular flexibility index (Phi) is 10.4. The van der Waals surface area contributed by atoms with Gasteiger partial charge in [-0.1, -0.05) is 67.8 Å². The van der Waals surface area contributed by atoms with Crippen LogP contribution in [0.1, 0.15) is 62.6 Å². The lowest BCUT2D eigenvalue weighted by Gasteiger charge is -2.35. The van der Waals surface area contributed by atoms with Crippen LogP contribution in [-0.2, 0) is 11.2 Å². The van der Waals surface area contributed by atoms with Gasteiger partial charge in [0.15, 0.2) is 5.65 Å². The van der Waals surface area contributed by atoms with Crippen molar-refractivity contribution in [1.82, 2.24) is 24.4 Å². The van der Waals surface area contributed by atoms with E-state index in [-0.39, 0.29) is 6.61 Å². The molecule has 0 atom stereocenters. The third-order valence-corrected chi connectivity index (χ3v) is 9.46. The van der Waals surface area contributed by atoms with Crippen LogP contribution in [0.25, 0.3) is 28.0 Å². The number of β-amino-alcohol motifs (C(OH)–C–C–N with tert-alkyl or cyclic N) is 1. The molecule has 1 amide bonds. The van der Waals surface area contributed by atoms with Gasteiger partial charge >= 0.3 is 0 Å². The third kappa shape index (κ3) is 7.56. The maximum Gasteiger partial charge on any atom is 0.222 e. The summed E-state index contributed by atoms with van der Waals surface area (Å²) in [5, 5.41) is 14.4. The molecule has 4 heterocycles. The highest BCUT2D eigenvalue weighted by atomic mass is 16.3. The Hall–Kier alpha value is -3.75. The molecule has 45 heavy (non-hydrogen) atoms. The summed E-state index contributed by atoms with van der Waals surface area (Å²) in [5.74, 6) is 1.42. The van der Waals surface area contributed by atoms with Crippen molar-refractivity contribution in [3.05, 3.63) is 71.9 Å². The maximum atomic E-state index is 12.0. The Labute approximate surface area is 267 Å². The van der Waals surface area contributed by atoms with Crippen molar-refractivity contribution in [2.45, 2.75) is 64.7 Å². The number of carbonyl (C=O) groups excluding carboxylic acids is 1. The summed E-state index contributed by atoms with van der Waals surface area (Å²) in [7, 11) is 0. The number of piperidine rings is 1. The smallest absolute Gasteiger partial charge is 0.222 e. The molecule has 0 radical (unpaired) electrons. The summed E-state index contributed by atoms with van der Waals surface area (Å²) in [6.07, 6.45) is 9.93. The summed E-state index contributed by atoms with van der Waals surface area (Å²) in [4.78, 5) is 24.1. The molecule has 8 nitrogen and oxygen atoms in total. The van der Waals surface area contributed by atoms with Gasteiger partial charge in [0.25, 0.3) is 0 Å². The molecule has 4 aromatic rings. The van der Waals surface area contributed by atoms with Crippen LogP contribution in [0, 0.1) is 6.92 Å². The van der Waals surface area contributed by atoms with Crippen LogP contribution in [0.5, 0.6) is 0 Å². The van der Waals surface area contributed by atoms with E-state index in [1.54, 1.807) is 0 Å². The van der Waals surface area contributed by atoms with E-state index in [2.05, 4.69) is 76.2 Å². The first kappa shape index (κ1) is 31.2. The molecular formula is C37H48N6O2. The molecule has 2 aliphatic heterocycles. The number of aromatic nitrogens is 3. The fraction of sp³-hybridized carbons (Fsp3) is 0.486. The topological polar surface area (TPSA) is 77.2 Å². The van der Waals surface area contributed by atoms with Crippen LogP contribution in [0.15, 0.2) is 60.7 Å². The second kappa shape index (κ2) is 15.0. The molecule has 2 aliphatic rings. The van der Waals surface area contributed by atoms with Gasteiger partial charge in [-0.05, 0) is 56.2 Å². The van der Waals surface area contributed by atoms with E-state index in [1.807, 2.05) is 10.6 Å². The van der Waals surface area contributed by atoms with Crippen molar-refractivity contribution >= 4 is 17.4 Å². The Morgan fingerprint density at radius 3 is 2.38 bits per heavy atom. The molecule has 2 aromatic heterocycles. The predicted octanol–water partition coefficient (Wildman–Crippen LogP) is 5.99. The molecule has 8 heteroatoms. The molecule has 2 fully saturated rings. The molecule has 0 saturated carbocycles. The summed E-state index contributed by atoms with van der Waals surface area (Å²) < 4.78 is 2.04. The lowest BCUT2D eigenvalue weighted by molar-refractivity contribution is -0.133. The lowest BCUT2D eigenvalue weighted by Crippen LogP contribution is -2.47. The minimum Gasteiger partial charge on any atom is -0.395 e. The van der Waals surface area contributed by atoms with Crippen LogP contribution in [0.3, 0.4) is 0 Å². The number of unbranched alkanes of at least 4 members (excludes halogenated alkanes) is 4. The minimum atomic E-state index is 0.194. The predicted molar refractivity (Wildman–Crippen MR) is 182 cm³/mol. The number of anilines is 1. The number of likely N-dealkylation sites (tertiary alicyclic amines) is 1. The fourth-order valence-electron chi connectivity index (χ4n) is 6.91. The first-order valence-corrected chi connectivity index (χ1v) is 17.0. The van der Waals surface area contributed by atoms with E-state index in [4.69, 9.17) is 10.1 Å². The Bertz CT molecular complexity index is 1560. The Morgan fingerprint density at radius 2 is 1.58 bits per heavy atom. The number of hydrogen-bond donors (Lipinski definition) is 1. The summed E-state index contributed by atoms with van der Waals surface area (Å²) >= 11 is 0. The zero-order valence-corrected chi connectivity index (χ0v) is 26.8. The molecular weight excluding hydrogens is 560 g/mol. The van der Waals surface area contributed by atoms with Crippen LogP contribution in [0.2, 0.25) is 0 Å².